The second kappa shape index (κ2) is 8.38. The van der Waals surface area contributed by atoms with Crippen molar-refractivity contribution in [3.05, 3.63) is 29.3 Å². The van der Waals surface area contributed by atoms with Gasteiger partial charge >= 0.3 is 0 Å². The van der Waals surface area contributed by atoms with Gasteiger partial charge in [-0.2, -0.15) is 0 Å². The number of anilines is 1. The molecule has 1 heterocycles. The van der Waals surface area contributed by atoms with Crippen molar-refractivity contribution in [2.45, 2.75) is 77.7 Å². The van der Waals surface area contributed by atoms with Crippen molar-refractivity contribution in [2.75, 3.05) is 18.0 Å². The highest BCUT2D eigenvalue weighted by atomic mass is 35.5. The molecule has 0 amide bonds. The highest BCUT2D eigenvalue weighted by Crippen LogP contribution is 2.35. The number of nitrogens with zero attached hydrogens (tertiary/aromatic N) is 2. The Bertz CT molecular complexity index is 545. The highest BCUT2D eigenvalue weighted by molar-refractivity contribution is 5.81. The van der Waals surface area contributed by atoms with Crippen molar-refractivity contribution in [1.82, 2.24) is 0 Å². The normalized spacial score (nSPS) is 18.9. The zero-order valence-corrected chi connectivity index (χ0v) is 16.5. The Labute approximate surface area is 154 Å². The molecule has 1 fully saturated rings. The van der Waals surface area contributed by atoms with E-state index >= 15 is 0 Å². The Hall–Kier alpha value is -1.02. The third-order valence-electron chi connectivity index (χ3n) is 5.56. The first-order chi connectivity index (χ1) is 11.1. The zero-order chi connectivity index (χ0) is 16.4. The second-order valence-electron chi connectivity index (χ2n) is 7.93. The second-order valence-corrected chi connectivity index (χ2v) is 7.93. The number of benzene rings is 1. The van der Waals surface area contributed by atoms with Crippen molar-refractivity contribution >= 4 is 12.0 Å². The van der Waals surface area contributed by atoms with E-state index in [0.717, 1.165) is 12.6 Å². The average Bonchev–Trinajstić information content (AvgIpc) is 3.04. The van der Waals surface area contributed by atoms with Crippen LogP contribution >= 0.6 is 0 Å². The molecule has 2 nitrogen and oxygen atoms in total. The maximum atomic E-state index is 2.63. The maximum absolute atomic E-state index is 2.63. The van der Waals surface area contributed by atoms with Gasteiger partial charge < -0.3 is 12.4 Å². The van der Waals surface area contributed by atoms with E-state index in [1.165, 1.54) is 55.5 Å². The first-order valence-corrected chi connectivity index (χ1v) is 9.58. The molecule has 0 atom stereocenters. The summed E-state index contributed by atoms with van der Waals surface area (Å²) in [5, 5.41) is 0. The molecule has 0 spiro atoms. The van der Waals surface area contributed by atoms with Crippen LogP contribution in [0.2, 0.25) is 0 Å². The summed E-state index contributed by atoms with van der Waals surface area (Å²) in [5.41, 5.74) is 4.48. The third-order valence-corrected chi connectivity index (χ3v) is 5.56. The average molecular weight is 349 g/mol. The summed E-state index contributed by atoms with van der Waals surface area (Å²) in [7, 11) is 0. The lowest BCUT2D eigenvalue weighted by atomic mass is 9.92. The van der Waals surface area contributed by atoms with Crippen LogP contribution in [0.4, 0.5) is 5.69 Å². The molecular formula is C21H33ClN2. The zero-order valence-electron chi connectivity index (χ0n) is 15.8. The lowest BCUT2D eigenvalue weighted by molar-refractivity contribution is -0.556. The van der Waals surface area contributed by atoms with E-state index in [-0.39, 0.29) is 12.4 Å². The number of para-hydroxylation sites is 1. The van der Waals surface area contributed by atoms with Crippen molar-refractivity contribution in [1.29, 1.82) is 0 Å². The van der Waals surface area contributed by atoms with Crippen LogP contribution in [-0.4, -0.2) is 30.0 Å². The van der Waals surface area contributed by atoms with E-state index in [1.54, 1.807) is 0 Å². The molecule has 0 N–H and O–H groups in total. The SMILES string of the molecule is CC(C)c1cccc(C(C)C)c1N1C=[N+](C2CCCCC2)CC1.[Cl-]. The van der Waals surface area contributed by atoms with E-state index in [1.807, 2.05) is 0 Å². The fourth-order valence-electron chi connectivity index (χ4n) is 4.22. The predicted octanol–water partition coefficient (Wildman–Crippen LogP) is 2.13. The van der Waals surface area contributed by atoms with Gasteiger partial charge in [-0.1, -0.05) is 52.3 Å². The molecule has 0 unspecified atom stereocenters. The standard InChI is InChI=1S/C21H33N2.ClH/c1-16(2)19-11-8-12-20(17(3)4)21(19)23-14-13-22(15-23)18-9-6-5-7-10-18;/h8,11-12,15-18H,5-7,9-10,13-14H2,1-4H3;1H/q+1;/p-1. The fraction of sp³-hybridized carbons (Fsp3) is 0.667. The van der Waals surface area contributed by atoms with Gasteiger partial charge in [-0.3, -0.25) is 4.58 Å². The Morgan fingerprint density at radius 1 is 0.958 bits per heavy atom. The molecule has 3 rings (SSSR count). The van der Waals surface area contributed by atoms with Gasteiger partial charge in [0.05, 0.1) is 6.04 Å². The summed E-state index contributed by atoms with van der Waals surface area (Å²) in [6.07, 6.45) is 9.45. The van der Waals surface area contributed by atoms with Crippen LogP contribution in [0.15, 0.2) is 18.2 Å². The molecule has 3 heteroatoms. The molecule has 0 radical (unpaired) electrons. The molecule has 1 aliphatic heterocycles. The Morgan fingerprint density at radius 2 is 1.54 bits per heavy atom. The number of hydrogen-bond donors (Lipinski definition) is 0. The molecule has 1 aliphatic carbocycles. The minimum absolute atomic E-state index is 0. The molecule has 0 bridgehead atoms. The van der Waals surface area contributed by atoms with E-state index in [0.29, 0.717) is 11.8 Å². The van der Waals surface area contributed by atoms with Crippen molar-refractivity contribution in [3.63, 3.8) is 0 Å². The summed E-state index contributed by atoms with van der Waals surface area (Å²) in [5.74, 6) is 1.14. The quantitative estimate of drug-likeness (QED) is 0.755. The van der Waals surface area contributed by atoms with E-state index < -0.39 is 0 Å². The molecule has 1 aromatic rings. The monoisotopic (exact) mass is 348 g/mol. The van der Waals surface area contributed by atoms with E-state index in [2.05, 4.69) is 61.7 Å². The van der Waals surface area contributed by atoms with Gasteiger partial charge in [0.1, 0.15) is 18.8 Å². The number of halogens is 1. The molecule has 0 aromatic heterocycles. The van der Waals surface area contributed by atoms with E-state index in [4.69, 9.17) is 0 Å². The van der Waals surface area contributed by atoms with E-state index in [9.17, 15) is 0 Å². The first kappa shape index (κ1) is 19.3. The lowest BCUT2D eigenvalue weighted by Crippen LogP contribution is -3.00. The van der Waals surface area contributed by atoms with Crippen molar-refractivity contribution < 1.29 is 17.0 Å². The van der Waals surface area contributed by atoms with Crippen molar-refractivity contribution in [2.24, 2.45) is 0 Å². The largest absolute Gasteiger partial charge is 1.00 e. The van der Waals surface area contributed by atoms with Crippen LogP contribution in [0, 0.1) is 0 Å². The van der Waals surface area contributed by atoms with Gasteiger partial charge in [0.2, 0.25) is 6.34 Å². The van der Waals surface area contributed by atoms with Crippen LogP contribution in [0.1, 0.15) is 82.8 Å². The molecular weight excluding hydrogens is 316 g/mol. The molecule has 1 aromatic carbocycles. The third kappa shape index (κ3) is 3.96. The smallest absolute Gasteiger partial charge is 0.239 e. The number of rotatable bonds is 4. The van der Waals surface area contributed by atoms with Gasteiger partial charge in [0.25, 0.3) is 0 Å². The Kier molecular flexibility index (Phi) is 6.74. The summed E-state index contributed by atoms with van der Waals surface area (Å²) < 4.78 is 2.63. The molecule has 0 saturated heterocycles. The molecule has 2 aliphatic rings. The van der Waals surface area contributed by atoms with Crippen LogP contribution in [0.3, 0.4) is 0 Å². The van der Waals surface area contributed by atoms with Crippen LogP contribution in [0.5, 0.6) is 0 Å². The van der Waals surface area contributed by atoms with Gasteiger partial charge in [-0.15, -0.1) is 0 Å². The topological polar surface area (TPSA) is 6.25 Å². The maximum Gasteiger partial charge on any atom is 0.239 e. The van der Waals surface area contributed by atoms with Gasteiger partial charge in [-0.05, 0) is 37.5 Å². The molecule has 1 saturated carbocycles. The lowest BCUT2D eigenvalue weighted by Gasteiger charge is -2.21. The summed E-state index contributed by atoms with van der Waals surface area (Å²) in [6, 6.07) is 7.66. The molecule has 134 valence electrons. The first-order valence-electron chi connectivity index (χ1n) is 9.58. The van der Waals surface area contributed by atoms with Crippen LogP contribution in [-0.2, 0) is 0 Å². The summed E-state index contributed by atoms with van der Waals surface area (Å²) in [6.45, 7) is 11.6. The van der Waals surface area contributed by atoms with Crippen LogP contribution < -0.4 is 17.3 Å². The van der Waals surface area contributed by atoms with Gasteiger partial charge in [0.15, 0.2) is 0 Å². The minimum Gasteiger partial charge on any atom is -1.00 e. The molecule has 24 heavy (non-hydrogen) atoms. The Morgan fingerprint density at radius 3 is 2.08 bits per heavy atom. The minimum atomic E-state index is 0. The van der Waals surface area contributed by atoms with Crippen LogP contribution in [0.25, 0.3) is 0 Å². The highest BCUT2D eigenvalue weighted by Gasteiger charge is 2.31. The van der Waals surface area contributed by atoms with Gasteiger partial charge in [0, 0.05) is 11.1 Å². The summed E-state index contributed by atoms with van der Waals surface area (Å²) >= 11 is 0. The number of hydrogen-bond acceptors (Lipinski definition) is 1. The Balaban J connectivity index is 0.00000208. The van der Waals surface area contributed by atoms with Crippen molar-refractivity contribution in [3.8, 4) is 0 Å². The predicted molar refractivity (Wildman–Crippen MR) is 100 cm³/mol. The van der Waals surface area contributed by atoms with Gasteiger partial charge in [-0.25, -0.2) is 4.90 Å². The fourth-order valence-corrected chi connectivity index (χ4v) is 4.22. The summed E-state index contributed by atoms with van der Waals surface area (Å²) in [4.78, 5) is 2.54.